The number of nitrogens with two attached hydrogens (primary N) is 1. The molecule has 0 unspecified atom stereocenters. The molecular weight excluding hydrogens is 266 g/mol. The third-order valence-electron chi connectivity index (χ3n) is 3.48. The highest BCUT2D eigenvalue weighted by Crippen LogP contribution is 2.15. The van der Waals surface area contributed by atoms with Crippen LogP contribution in [0.2, 0.25) is 0 Å². The predicted octanol–water partition coefficient (Wildman–Crippen LogP) is 0.219. The standard InChI is InChI=1S/C16H19N3O2/c1-12-5-6-13(4-3-7-17)14(10-12)16(21)19-9-8-18(2)15(20)11-19/h5-6,10H,7-9,11,17H2,1-2H3. The van der Waals surface area contributed by atoms with Crippen molar-refractivity contribution in [3.8, 4) is 11.8 Å². The summed E-state index contributed by atoms with van der Waals surface area (Å²) in [7, 11) is 1.75. The van der Waals surface area contributed by atoms with Crippen LogP contribution in [0.5, 0.6) is 0 Å². The Bertz CT molecular complexity index is 628. The highest BCUT2D eigenvalue weighted by atomic mass is 16.2. The smallest absolute Gasteiger partial charge is 0.255 e. The van der Waals surface area contributed by atoms with Crippen LogP contribution in [-0.2, 0) is 4.79 Å². The summed E-state index contributed by atoms with van der Waals surface area (Å²) in [4.78, 5) is 27.6. The van der Waals surface area contributed by atoms with Gasteiger partial charge in [0.25, 0.3) is 5.91 Å². The molecule has 1 saturated heterocycles. The van der Waals surface area contributed by atoms with Crippen molar-refractivity contribution < 1.29 is 9.59 Å². The number of aryl methyl sites for hydroxylation is 1. The summed E-state index contributed by atoms with van der Waals surface area (Å²) in [5.41, 5.74) is 7.56. The van der Waals surface area contributed by atoms with E-state index in [1.54, 1.807) is 16.8 Å². The molecule has 0 atom stereocenters. The maximum Gasteiger partial charge on any atom is 0.255 e. The molecule has 0 saturated carbocycles. The average molecular weight is 285 g/mol. The van der Waals surface area contributed by atoms with E-state index in [-0.39, 0.29) is 24.9 Å². The lowest BCUT2D eigenvalue weighted by atomic mass is 10.0. The van der Waals surface area contributed by atoms with Gasteiger partial charge in [-0.2, -0.15) is 0 Å². The summed E-state index contributed by atoms with van der Waals surface area (Å²) in [6, 6.07) is 5.54. The molecule has 2 N–H and O–H groups in total. The van der Waals surface area contributed by atoms with E-state index in [0.29, 0.717) is 24.2 Å². The summed E-state index contributed by atoms with van der Waals surface area (Å²) in [6.07, 6.45) is 0. The first-order valence-corrected chi connectivity index (χ1v) is 6.85. The molecular formula is C16H19N3O2. The number of rotatable bonds is 1. The minimum Gasteiger partial charge on any atom is -0.342 e. The number of likely N-dealkylation sites (N-methyl/N-ethyl adjacent to an activating group) is 1. The van der Waals surface area contributed by atoms with Crippen molar-refractivity contribution in [1.82, 2.24) is 9.80 Å². The summed E-state index contributed by atoms with van der Waals surface area (Å²) < 4.78 is 0. The Morgan fingerprint density at radius 1 is 1.38 bits per heavy atom. The quantitative estimate of drug-likeness (QED) is 0.751. The SMILES string of the molecule is Cc1ccc(C#CCN)c(C(=O)N2CCN(C)C(=O)C2)c1. The zero-order valence-electron chi connectivity index (χ0n) is 12.3. The third kappa shape index (κ3) is 3.41. The first-order valence-electron chi connectivity index (χ1n) is 6.85. The van der Waals surface area contributed by atoms with Crippen LogP contribution >= 0.6 is 0 Å². The largest absolute Gasteiger partial charge is 0.342 e. The minimum absolute atomic E-state index is 0.0446. The molecule has 1 aromatic rings. The van der Waals surface area contributed by atoms with Gasteiger partial charge in [-0.1, -0.05) is 23.5 Å². The molecule has 21 heavy (non-hydrogen) atoms. The van der Waals surface area contributed by atoms with Crippen molar-refractivity contribution in [3.63, 3.8) is 0 Å². The van der Waals surface area contributed by atoms with Crippen LogP contribution < -0.4 is 5.73 Å². The van der Waals surface area contributed by atoms with Crippen LogP contribution in [0.4, 0.5) is 0 Å². The molecule has 5 heteroatoms. The monoisotopic (exact) mass is 285 g/mol. The number of hydrogen-bond donors (Lipinski definition) is 1. The molecule has 1 aliphatic rings. The third-order valence-corrected chi connectivity index (χ3v) is 3.48. The number of amides is 2. The van der Waals surface area contributed by atoms with Gasteiger partial charge in [-0.3, -0.25) is 9.59 Å². The van der Waals surface area contributed by atoms with Gasteiger partial charge in [0, 0.05) is 25.7 Å². The second-order valence-corrected chi connectivity index (χ2v) is 5.10. The Balaban J connectivity index is 2.30. The van der Waals surface area contributed by atoms with Gasteiger partial charge in [0.2, 0.25) is 5.91 Å². The molecule has 0 aliphatic carbocycles. The maximum atomic E-state index is 12.6. The minimum atomic E-state index is -0.151. The molecule has 1 aromatic carbocycles. The zero-order valence-corrected chi connectivity index (χ0v) is 12.3. The normalized spacial score (nSPS) is 14.7. The van der Waals surface area contributed by atoms with Gasteiger partial charge < -0.3 is 15.5 Å². The molecule has 0 bridgehead atoms. The van der Waals surface area contributed by atoms with E-state index in [1.165, 1.54) is 0 Å². The first kappa shape index (κ1) is 15.1. The van der Waals surface area contributed by atoms with Crippen LogP contribution in [-0.4, -0.2) is 54.8 Å². The first-order chi connectivity index (χ1) is 10.0. The van der Waals surface area contributed by atoms with Gasteiger partial charge in [0.1, 0.15) is 6.54 Å². The molecule has 5 nitrogen and oxygen atoms in total. The Labute approximate surface area is 124 Å². The Morgan fingerprint density at radius 3 is 2.81 bits per heavy atom. The summed E-state index contributed by atoms with van der Waals surface area (Å²) in [5.74, 6) is 5.50. The molecule has 0 aromatic heterocycles. The number of carbonyl (C=O) groups excluding carboxylic acids is 2. The topological polar surface area (TPSA) is 66.6 Å². The van der Waals surface area contributed by atoms with Crippen molar-refractivity contribution in [2.24, 2.45) is 5.73 Å². The van der Waals surface area contributed by atoms with E-state index >= 15 is 0 Å². The van der Waals surface area contributed by atoms with Crippen molar-refractivity contribution >= 4 is 11.8 Å². The van der Waals surface area contributed by atoms with E-state index in [2.05, 4.69) is 11.8 Å². The van der Waals surface area contributed by atoms with Gasteiger partial charge in [-0.15, -0.1) is 0 Å². The Hall–Kier alpha value is -2.32. The Kier molecular flexibility index (Phi) is 4.61. The van der Waals surface area contributed by atoms with E-state index in [1.807, 2.05) is 25.1 Å². The van der Waals surface area contributed by atoms with E-state index in [9.17, 15) is 9.59 Å². The highest BCUT2D eigenvalue weighted by molar-refractivity contribution is 5.99. The fourth-order valence-electron chi connectivity index (χ4n) is 2.19. The molecule has 0 spiro atoms. The fraction of sp³-hybridized carbons (Fsp3) is 0.375. The van der Waals surface area contributed by atoms with Crippen molar-refractivity contribution in [2.75, 3.05) is 33.2 Å². The predicted molar refractivity (Wildman–Crippen MR) is 80.7 cm³/mol. The second-order valence-electron chi connectivity index (χ2n) is 5.10. The van der Waals surface area contributed by atoms with Gasteiger partial charge in [0.15, 0.2) is 0 Å². The van der Waals surface area contributed by atoms with Gasteiger partial charge >= 0.3 is 0 Å². The fourth-order valence-corrected chi connectivity index (χ4v) is 2.19. The average Bonchev–Trinajstić information content (AvgIpc) is 2.48. The van der Waals surface area contributed by atoms with Gasteiger partial charge in [-0.25, -0.2) is 0 Å². The van der Waals surface area contributed by atoms with Gasteiger partial charge in [-0.05, 0) is 19.1 Å². The summed E-state index contributed by atoms with van der Waals surface area (Å²) >= 11 is 0. The molecule has 1 heterocycles. The lowest BCUT2D eigenvalue weighted by Gasteiger charge is -2.32. The molecule has 110 valence electrons. The van der Waals surface area contributed by atoms with Gasteiger partial charge in [0.05, 0.1) is 12.1 Å². The second kappa shape index (κ2) is 6.42. The summed E-state index contributed by atoms with van der Waals surface area (Å²) in [5, 5.41) is 0. The van der Waals surface area contributed by atoms with Crippen molar-refractivity contribution in [3.05, 3.63) is 34.9 Å². The lowest BCUT2D eigenvalue weighted by molar-refractivity contribution is -0.133. The summed E-state index contributed by atoms with van der Waals surface area (Å²) in [6.45, 7) is 3.38. The Morgan fingerprint density at radius 2 is 2.14 bits per heavy atom. The molecule has 0 radical (unpaired) electrons. The van der Waals surface area contributed by atoms with Crippen LogP contribution in [0.15, 0.2) is 18.2 Å². The highest BCUT2D eigenvalue weighted by Gasteiger charge is 2.26. The van der Waals surface area contributed by atoms with E-state index in [0.717, 1.165) is 5.56 Å². The van der Waals surface area contributed by atoms with Crippen molar-refractivity contribution in [1.29, 1.82) is 0 Å². The zero-order chi connectivity index (χ0) is 15.4. The molecule has 1 aliphatic heterocycles. The van der Waals surface area contributed by atoms with E-state index < -0.39 is 0 Å². The van der Waals surface area contributed by atoms with Crippen LogP contribution in [0.1, 0.15) is 21.5 Å². The van der Waals surface area contributed by atoms with Crippen LogP contribution in [0.3, 0.4) is 0 Å². The number of nitrogens with zero attached hydrogens (tertiary/aromatic N) is 2. The van der Waals surface area contributed by atoms with Crippen LogP contribution in [0.25, 0.3) is 0 Å². The molecule has 1 fully saturated rings. The number of carbonyl (C=O) groups is 2. The lowest BCUT2D eigenvalue weighted by Crippen LogP contribution is -2.50. The molecule has 2 amide bonds. The number of hydrogen-bond acceptors (Lipinski definition) is 3. The van der Waals surface area contributed by atoms with E-state index in [4.69, 9.17) is 5.73 Å². The molecule has 2 rings (SSSR count). The van der Waals surface area contributed by atoms with Crippen LogP contribution in [0, 0.1) is 18.8 Å². The number of piperazine rings is 1. The maximum absolute atomic E-state index is 12.6. The number of benzene rings is 1. The van der Waals surface area contributed by atoms with Crippen molar-refractivity contribution in [2.45, 2.75) is 6.92 Å².